The van der Waals surface area contributed by atoms with Crippen molar-refractivity contribution in [3.8, 4) is 0 Å². The summed E-state index contributed by atoms with van der Waals surface area (Å²) in [6.07, 6.45) is 1.96. The van der Waals surface area contributed by atoms with Crippen LogP contribution in [-0.2, 0) is 9.53 Å². The van der Waals surface area contributed by atoms with Crippen LogP contribution in [0.1, 0.15) is 51.9 Å². The Hall–Kier alpha value is -1.92. The minimum Gasteiger partial charge on any atom is -0.468 e. The highest BCUT2D eigenvalue weighted by Gasteiger charge is 2.27. The average Bonchev–Trinajstić information content (AvgIpc) is 2.79. The second kappa shape index (κ2) is 10.7. The lowest BCUT2D eigenvalue weighted by molar-refractivity contribution is -0.141. The maximum absolute atomic E-state index is 13.4. The van der Waals surface area contributed by atoms with Crippen molar-refractivity contribution in [2.75, 3.05) is 25.2 Å². The topological polar surface area (TPSA) is 46.6 Å². The molecule has 1 heterocycles. The van der Waals surface area contributed by atoms with Gasteiger partial charge in [0.05, 0.1) is 17.7 Å². The van der Waals surface area contributed by atoms with Crippen LogP contribution in [0.3, 0.4) is 0 Å². The number of hydrogen-bond donors (Lipinski definition) is 0. The Bertz CT molecular complexity index is 805. The number of esters is 1. The molecule has 0 N–H and O–H groups in total. The number of thioether (sulfide) groups is 2. The zero-order chi connectivity index (χ0) is 20.6. The molecule has 0 aromatic heterocycles. The lowest BCUT2D eigenvalue weighted by Crippen LogP contribution is -2.39. The Morgan fingerprint density at radius 3 is 2.31 bits per heavy atom. The monoisotopic (exact) mass is 429 g/mol. The Kier molecular flexibility index (Phi) is 8.07. The summed E-state index contributed by atoms with van der Waals surface area (Å²) in [6, 6.07) is 17.5. The number of ether oxygens (including phenoxy) is 1. The summed E-state index contributed by atoms with van der Waals surface area (Å²) in [4.78, 5) is 27.0. The third kappa shape index (κ3) is 5.58. The van der Waals surface area contributed by atoms with Gasteiger partial charge >= 0.3 is 5.97 Å². The molecule has 0 aliphatic carbocycles. The summed E-state index contributed by atoms with van der Waals surface area (Å²) in [6.45, 7) is 1.95. The molecule has 4 nitrogen and oxygen atoms in total. The second-order valence-electron chi connectivity index (χ2n) is 6.89. The van der Waals surface area contributed by atoms with E-state index >= 15 is 0 Å². The van der Waals surface area contributed by atoms with Gasteiger partial charge in [-0.1, -0.05) is 49.4 Å². The molecule has 0 saturated carbocycles. The fourth-order valence-corrected chi connectivity index (χ4v) is 6.36. The summed E-state index contributed by atoms with van der Waals surface area (Å²) in [5.41, 5.74) is 2.85. The van der Waals surface area contributed by atoms with E-state index in [-0.39, 0.29) is 18.5 Å². The van der Waals surface area contributed by atoms with Crippen LogP contribution in [0.15, 0.2) is 54.6 Å². The van der Waals surface area contributed by atoms with E-state index in [1.807, 2.05) is 85.0 Å². The molecule has 1 amide bonds. The summed E-state index contributed by atoms with van der Waals surface area (Å²) in [5.74, 6) is 1.79. The van der Waals surface area contributed by atoms with Gasteiger partial charge in [0.15, 0.2) is 0 Å². The van der Waals surface area contributed by atoms with Crippen molar-refractivity contribution in [3.63, 3.8) is 0 Å². The molecular weight excluding hydrogens is 402 g/mol. The fraction of sp³-hybridized carbons (Fsp3) is 0.391. The number of benzene rings is 2. The lowest BCUT2D eigenvalue weighted by atomic mass is 10.0. The SMILES string of the molecule is CCC(c1ccccc1)N(CC(=O)OC)C(=O)c1ccc(C2SCCCS2)cc1. The molecule has 1 atom stereocenters. The van der Waals surface area contributed by atoms with Crippen LogP contribution >= 0.6 is 23.5 Å². The normalized spacial score (nSPS) is 15.5. The van der Waals surface area contributed by atoms with E-state index in [1.54, 1.807) is 4.90 Å². The molecular formula is C23H27NO3S2. The summed E-state index contributed by atoms with van der Waals surface area (Å²) < 4.78 is 5.29. The third-order valence-electron chi connectivity index (χ3n) is 4.99. The van der Waals surface area contributed by atoms with Crippen LogP contribution in [0.5, 0.6) is 0 Å². The highest BCUT2D eigenvalue weighted by atomic mass is 32.2. The number of hydrogen-bond acceptors (Lipinski definition) is 5. The van der Waals surface area contributed by atoms with Gasteiger partial charge < -0.3 is 9.64 Å². The zero-order valence-electron chi connectivity index (χ0n) is 16.9. The van der Waals surface area contributed by atoms with Crippen molar-refractivity contribution < 1.29 is 14.3 Å². The number of amides is 1. The first-order chi connectivity index (χ1) is 14.1. The Labute approximate surface area is 181 Å². The van der Waals surface area contributed by atoms with Crippen LogP contribution in [0.4, 0.5) is 0 Å². The second-order valence-corrected chi connectivity index (χ2v) is 9.62. The van der Waals surface area contributed by atoms with Gasteiger partial charge in [0, 0.05) is 5.56 Å². The molecule has 0 bridgehead atoms. The molecule has 1 saturated heterocycles. The predicted octanol–water partition coefficient (Wildman–Crippen LogP) is 5.32. The van der Waals surface area contributed by atoms with Gasteiger partial charge in [0.2, 0.25) is 0 Å². The summed E-state index contributed by atoms with van der Waals surface area (Å²) in [7, 11) is 1.35. The summed E-state index contributed by atoms with van der Waals surface area (Å²) >= 11 is 3.92. The molecule has 1 unspecified atom stereocenters. The number of carbonyl (C=O) groups is 2. The standard InChI is InChI=1S/C23H27NO3S2/c1-3-20(17-8-5-4-6-9-17)24(16-21(25)27-2)22(26)18-10-12-19(13-11-18)23-28-14-7-15-29-23/h4-6,8-13,20,23H,3,7,14-16H2,1-2H3. The van der Waals surface area contributed by atoms with Crippen molar-refractivity contribution >= 4 is 35.4 Å². The third-order valence-corrected chi connectivity index (χ3v) is 8.01. The number of carbonyl (C=O) groups excluding carboxylic acids is 2. The first-order valence-corrected chi connectivity index (χ1v) is 12.0. The number of methoxy groups -OCH3 is 1. The molecule has 1 aliphatic rings. The average molecular weight is 430 g/mol. The maximum Gasteiger partial charge on any atom is 0.325 e. The molecule has 154 valence electrons. The van der Waals surface area contributed by atoms with Crippen LogP contribution in [0.25, 0.3) is 0 Å². The van der Waals surface area contributed by atoms with E-state index in [1.165, 1.54) is 30.6 Å². The lowest BCUT2D eigenvalue weighted by Gasteiger charge is -2.31. The van der Waals surface area contributed by atoms with E-state index in [9.17, 15) is 9.59 Å². The van der Waals surface area contributed by atoms with Gasteiger partial charge in [-0.25, -0.2) is 0 Å². The van der Waals surface area contributed by atoms with Gasteiger partial charge in [-0.2, -0.15) is 0 Å². The molecule has 2 aromatic carbocycles. The van der Waals surface area contributed by atoms with Crippen LogP contribution in [0.2, 0.25) is 0 Å². The molecule has 3 rings (SSSR count). The Morgan fingerprint density at radius 2 is 1.72 bits per heavy atom. The first-order valence-electron chi connectivity index (χ1n) is 9.90. The quantitative estimate of drug-likeness (QED) is 0.557. The van der Waals surface area contributed by atoms with E-state index < -0.39 is 5.97 Å². The van der Waals surface area contributed by atoms with Crippen LogP contribution in [-0.4, -0.2) is 41.9 Å². The van der Waals surface area contributed by atoms with Gasteiger partial charge in [0.1, 0.15) is 6.54 Å². The van der Waals surface area contributed by atoms with E-state index in [4.69, 9.17) is 4.74 Å². The van der Waals surface area contributed by atoms with E-state index in [2.05, 4.69) is 0 Å². The van der Waals surface area contributed by atoms with E-state index in [0.29, 0.717) is 16.6 Å². The highest BCUT2D eigenvalue weighted by Crippen LogP contribution is 2.43. The largest absolute Gasteiger partial charge is 0.468 e. The molecule has 2 aromatic rings. The smallest absolute Gasteiger partial charge is 0.325 e. The number of nitrogens with zero attached hydrogens (tertiary/aromatic N) is 1. The van der Waals surface area contributed by atoms with Gasteiger partial charge in [0.25, 0.3) is 5.91 Å². The van der Waals surface area contributed by atoms with Crippen molar-refractivity contribution in [3.05, 3.63) is 71.3 Å². The van der Waals surface area contributed by atoms with Crippen molar-refractivity contribution in [2.45, 2.75) is 30.4 Å². The van der Waals surface area contributed by atoms with Crippen molar-refractivity contribution in [1.29, 1.82) is 0 Å². The molecule has 6 heteroatoms. The predicted molar refractivity (Wildman–Crippen MR) is 121 cm³/mol. The van der Waals surface area contributed by atoms with Crippen molar-refractivity contribution in [1.82, 2.24) is 4.90 Å². The Balaban J connectivity index is 1.84. The van der Waals surface area contributed by atoms with Gasteiger partial charge in [-0.15, -0.1) is 23.5 Å². The van der Waals surface area contributed by atoms with Crippen LogP contribution < -0.4 is 0 Å². The van der Waals surface area contributed by atoms with Crippen molar-refractivity contribution in [2.24, 2.45) is 0 Å². The molecule has 29 heavy (non-hydrogen) atoms. The molecule has 0 radical (unpaired) electrons. The minimum atomic E-state index is -0.417. The first kappa shape index (κ1) is 21.8. The van der Waals surface area contributed by atoms with Crippen LogP contribution in [0, 0.1) is 0 Å². The highest BCUT2D eigenvalue weighted by molar-refractivity contribution is 8.16. The minimum absolute atomic E-state index is 0.0706. The van der Waals surface area contributed by atoms with E-state index in [0.717, 1.165) is 5.56 Å². The molecule has 0 spiro atoms. The zero-order valence-corrected chi connectivity index (χ0v) is 18.5. The van der Waals surface area contributed by atoms with Gasteiger partial charge in [-0.3, -0.25) is 9.59 Å². The maximum atomic E-state index is 13.4. The molecule has 1 fully saturated rings. The summed E-state index contributed by atoms with van der Waals surface area (Å²) in [5, 5.41) is 0. The Morgan fingerprint density at radius 1 is 1.07 bits per heavy atom. The fourth-order valence-electron chi connectivity index (χ4n) is 3.47. The molecule has 1 aliphatic heterocycles. The van der Waals surface area contributed by atoms with Gasteiger partial charge in [-0.05, 0) is 47.6 Å². The number of rotatable bonds is 7.